The van der Waals surface area contributed by atoms with Gasteiger partial charge in [-0.3, -0.25) is 4.90 Å². The van der Waals surface area contributed by atoms with Crippen molar-refractivity contribution in [2.24, 2.45) is 4.99 Å². The number of aliphatic hydroxyl groups is 1. The van der Waals surface area contributed by atoms with Gasteiger partial charge in [-0.2, -0.15) is 0 Å². The SMILES string of the molecule is CCNC(=NCc1ccc(Br)cc1F)NCC(C)(O)CN1CCOCC1. The fourth-order valence-corrected chi connectivity index (χ4v) is 3.06. The lowest BCUT2D eigenvalue weighted by atomic mass is 10.1. The van der Waals surface area contributed by atoms with E-state index < -0.39 is 5.60 Å². The summed E-state index contributed by atoms with van der Waals surface area (Å²) in [6, 6.07) is 4.93. The number of ether oxygens (including phenoxy) is 1. The number of aliphatic imine (C=N–C) groups is 1. The first-order valence-corrected chi connectivity index (χ1v) is 9.67. The van der Waals surface area contributed by atoms with Gasteiger partial charge in [0, 0.05) is 42.8 Å². The van der Waals surface area contributed by atoms with E-state index in [1.807, 2.05) is 6.92 Å². The molecule has 146 valence electrons. The highest BCUT2D eigenvalue weighted by atomic mass is 79.9. The van der Waals surface area contributed by atoms with Crippen LogP contribution in [0.3, 0.4) is 0 Å². The number of hydrogen-bond donors (Lipinski definition) is 3. The molecule has 0 amide bonds. The van der Waals surface area contributed by atoms with Gasteiger partial charge in [-0.05, 0) is 26.0 Å². The molecule has 0 aliphatic carbocycles. The van der Waals surface area contributed by atoms with Gasteiger partial charge in [0.15, 0.2) is 5.96 Å². The van der Waals surface area contributed by atoms with Crippen molar-refractivity contribution in [3.63, 3.8) is 0 Å². The number of nitrogens with one attached hydrogen (secondary N) is 2. The zero-order valence-corrected chi connectivity index (χ0v) is 17.0. The molecule has 1 aromatic carbocycles. The van der Waals surface area contributed by atoms with Gasteiger partial charge in [0.2, 0.25) is 0 Å². The van der Waals surface area contributed by atoms with Crippen molar-refractivity contribution >= 4 is 21.9 Å². The Morgan fingerprint density at radius 1 is 1.38 bits per heavy atom. The van der Waals surface area contributed by atoms with Crippen LogP contribution < -0.4 is 10.6 Å². The van der Waals surface area contributed by atoms with E-state index in [4.69, 9.17) is 4.74 Å². The Hall–Kier alpha value is -1.22. The highest BCUT2D eigenvalue weighted by Gasteiger charge is 2.25. The van der Waals surface area contributed by atoms with Crippen LogP contribution >= 0.6 is 15.9 Å². The third-order valence-electron chi connectivity index (χ3n) is 4.07. The number of rotatable bonds is 7. The van der Waals surface area contributed by atoms with Crippen LogP contribution in [0.4, 0.5) is 4.39 Å². The van der Waals surface area contributed by atoms with Crippen LogP contribution in [-0.2, 0) is 11.3 Å². The van der Waals surface area contributed by atoms with Gasteiger partial charge in [0.05, 0.1) is 25.4 Å². The molecule has 6 nitrogen and oxygen atoms in total. The molecule has 0 aromatic heterocycles. The predicted molar refractivity (Wildman–Crippen MR) is 105 cm³/mol. The fraction of sp³-hybridized carbons (Fsp3) is 0.611. The van der Waals surface area contributed by atoms with Gasteiger partial charge in [-0.25, -0.2) is 9.38 Å². The first-order valence-electron chi connectivity index (χ1n) is 8.88. The Balaban J connectivity index is 1.91. The topological polar surface area (TPSA) is 69.1 Å². The van der Waals surface area contributed by atoms with Crippen molar-refractivity contribution in [1.29, 1.82) is 0 Å². The molecular weight excluding hydrogens is 403 g/mol. The molecule has 1 aliphatic rings. The lowest BCUT2D eigenvalue weighted by Crippen LogP contribution is -2.52. The molecule has 0 saturated carbocycles. The number of benzene rings is 1. The summed E-state index contributed by atoms with van der Waals surface area (Å²) in [6.07, 6.45) is 0. The molecule has 8 heteroatoms. The number of β-amino-alcohol motifs (C(OH)–C–C–N with tert-alkyl or cyclic N) is 1. The van der Waals surface area contributed by atoms with Gasteiger partial charge < -0.3 is 20.5 Å². The molecule has 2 rings (SSSR count). The first-order chi connectivity index (χ1) is 12.4. The molecule has 0 radical (unpaired) electrons. The maximum Gasteiger partial charge on any atom is 0.191 e. The number of guanidine groups is 1. The van der Waals surface area contributed by atoms with E-state index in [0.717, 1.165) is 13.1 Å². The van der Waals surface area contributed by atoms with E-state index in [1.54, 1.807) is 19.1 Å². The summed E-state index contributed by atoms with van der Waals surface area (Å²) >= 11 is 3.25. The zero-order chi connectivity index (χ0) is 19.0. The predicted octanol–water partition coefficient (Wildman–Crippen LogP) is 1.73. The minimum Gasteiger partial charge on any atom is -0.387 e. The monoisotopic (exact) mass is 430 g/mol. The van der Waals surface area contributed by atoms with Crippen LogP contribution in [-0.4, -0.2) is 67.5 Å². The number of morpholine rings is 1. The molecule has 26 heavy (non-hydrogen) atoms. The standard InChI is InChI=1S/C18H28BrFN4O2/c1-3-21-17(22-11-14-4-5-15(19)10-16(14)20)23-12-18(2,25)13-24-6-8-26-9-7-24/h4-5,10,25H,3,6-9,11-13H2,1-2H3,(H2,21,22,23). The summed E-state index contributed by atoms with van der Waals surface area (Å²) < 4.78 is 20.0. The average Bonchev–Trinajstić information content (AvgIpc) is 2.59. The van der Waals surface area contributed by atoms with E-state index >= 15 is 0 Å². The van der Waals surface area contributed by atoms with E-state index in [-0.39, 0.29) is 12.4 Å². The van der Waals surface area contributed by atoms with Gasteiger partial charge in [0.25, 0.3) is 0 Å². The van der Waals surface area contributed by atoms with Crippen molar-refractivity contribution in [1.82, 2.24) is 15.5 Å². The van der Waals surface area contributed by atoms with Crippen molar-refractivity contribution < 1.29 is 14.2 Å². The molecule has 0 bridgehead atoms. The van der Waals surface area contributed by atoms with Crippen LogP contribution in [0.2, 0.25) is 0 Å². The molecule has 3 N–H and O–H groups in total. The second-order valence-electron chi connectivity index (χ2n) is 6.67. The summed E-state index contributed by atoms with van der Waals surface area (Å²) in [5.74, 6) is 0.260. The van der Waals surface area contributed by atoms with Crippen LogP contribution in [0.5, 0.6) is 0 Å². The molecule has 0 spiro atoms. The van der Waals surface area contributed by atoms with E-state index in [9.17, 15) is 9.50 Å². The molecule has 1 fully saturated rings. The summed E-state index contributed by atoms with van der Waals surface area (Å²) in [5, 5.41) is 16.9. The maximum atomic E-state index is 13.9. The number of nitrogens with zero attached hydrogens (tertiary/aromatic N) is 2. The second kappa shape index (κ2) is 10.2. The highest BCUT2D eigenvalue weighted by Crippen LogP contribution is 2.16. The van der Waals surface area contributed by atoms with Crippen LogP contribution in [0.1, 0.15) is 19.4 Å². The second-order valence-corrected chi connectivity index (χ2v) is 7.59. The Morgan fingerprint density at radius 2 is 2.12 bits per heavy atom. The molecule has 1 aliphatic heterocycles. The minimum absolute atomic E-state index is 0.222. The average molecular weight is 431 g/mol. The van der Waals surface area contributed by atoms with Crippen LogP contribution in [0.15, 0.2) is 27.7 Å². The van der Waals surface area contributed by atoms with Crippen molar-refractivity contribution in [2.75, 3.05) is 45.9 Å². The Morgan fingerprint density at radius 3 is 2.77 bits per heavy atom. The minimum atomic E-state index is -0.906. The van der Waals surface area contributed by atoms with Crippen LogP contribution in [0, 0.1) is 5.82 Å². The lowest BCUT2D eigenvalue weighted by molar-refractivity contribution is -0.0201. The third-order valence-corrected chi connectivity index (χ3v) is 4.56. The fourth-order valence-electron chi connectivity index (χ4n) is 2.73. The third kappa shape index (κ3) is 7.19. The maximum absolute atomic E-state index is 13.9. The summed E-state index contributed by atoms with van der Waals surface area (Å²) in [5.41, 5.74) is -0.387. The molecule has 1 heterocycles. The molecule has 1 atom stereocenters. The van der Waals surface area contributed by atoms with Crippen LogP contribution in [0.25, 0.3) is 0 Å². The van der Waals surface area contributed by atoms with E-state index in [0.29, 0.717) is 48.8 Å². The highest BCUT2D eigenvalue weighted by molar-refractivity contribution is 9.10. The molecule has 1 aromatic rings. The summed E-state index contributed by atoms with van der Waals surface area (Å²) in [6.45, 7) is 8.62. The summed E-state index contributed by atoms with van der Waals surface area (Å²) in [7, 11) is 0. The number of halogens is 2. The number of hydrogen-bond acceptors (Lipinski definition) is 4. The molecule has 1 unspecified atom stereocenters. The Labute approximate surface area is 163 Å². The summed E-state index contributed by atoms with van der Waals surface area (Å²) in [4.78, 5) is 6.61. The zero-order valence-electron chi connectivity index (χ0n) is 15.4. The Kier molecular flexibility index (Phi) is 8.27. The normalized spacial score (nSPS) is 18.4. The van der Waals surface area contributed by atoms with E-state index in [2.05, 4.69) is 36.5 Å². The quantitative estimate of drug-likeness (QED) is 0.453. The largest absolute Gasteiger partial charge is 0.387 e. The van der Waals surface area contributed by atoms with Crippen molar-refractivity contribution in [3.8, 4) is 0 Å². The van der Waals surface area contributed by atoms with Gasteiger partial charge in [-0.1, -0.05) is 22.0 Å². The van der Waals surface area contributed by atoms with Crippen molar-refractivity contribution in [3.05, 3.63) is 34.1 Å². The molecular formula is C18H28BrFN4O2. The van der Waals surface area contributed by atoms with Gasteiger partial charge >= 0.3 is 0 Å². The van der Waals surface area contributed by atoms with Gasteiger partial charge in [0.1, 0.15) is 5.82 Å². The van der Waals surface area contributed by atoms with E-state index in [1.165, 1.54) is 6.07 Å². The molecule has 1 saturated heterocycles. The lowest BCUT2D eigenvalue weighted by Gasteiger charge is -2.34. The smallest absolute Gasteiger partial charge is 0.191 e. The first kappa shape index (κ1) is 21.1. The Bertz CT molecular complexity index is 607. The van der Waals surface area contributed by atoms with Crippen molar-refractivity contribution in [2.45, 2.75) is 26.0 Å². The van der Waals surface area contributed by atoms with Gasteiger partial charge in [-0.15, -0.1) is 0 Å².